The Morgan fingerprint density at radius 1 is 1.10 bits per heavy atom. The number of benzene rings is 2. The Bertz CT molecular complexity index is 809. The summed E-state index contributed by atoms with van der Waals surface area (Å²) in [5.41, 5.74) is 1.76. The maximum Gasteiger partial charge on any atom is 0.251 e. The molecule has 0 bridgehead atoms. The molecule has 0 fully saturated rings. The normalized spacial score (nSPS) is 11.1. The molecule has 0 unspecified atom stereocenters. The summed E-state index contributed by atoms with van der Waals surface area (Å²) in [6.45, 7) is 4.80. The van der Waals surface area contributed by atoms with Gasteiger partial charge in [0.2, 0.25) is 0 Å². The average molecular weight is 415 g/mol. The Kier molecular flexibility index (Phi) is 10.2. The number of unbranched alkanes of at least 4 members (excludes halogenated alkanes) is 1. The number of hydrogen-bond donors (Lipinski definition) is 3. The molecule has 0 saturated carbocycles. The van der Waals surface area contributed by atoms with Gasteiger partial charge in [0.05, 0.1) is 6.61 Å². The lowest BCUT2D eigenvalue weighted by Gasteiger charge is -2.12. The van der Waals surface area contributed by atoms with Gasteiger partial charge in [-0.2, -0.15) is 0 Å². The molecular formula is C23H31FN4O2. The van der Waals surface area contributed by atoms with Crippen LogP contribution < -0.4 is 20.7 Å². The zero-order chi connectivity index (χ0) is 21.6. The number of rotatable bonds is 11. The van der Waals surface area contributed by atoms with Crippen molar-refractivity contribution < 1.29 is 13.9 Å². The van der Waals surface area contributed by atoms with E-state index in [1.54, 1.807) is 25.2 Å². The third kappa shape index (κ3) is 8.51. The van der Waals surface area contributed by atoms with Gasteiger partial charge in [0.15, 0.2) is 5.96 Å². The fourth-order valence-corrected chi connectivity index (χ4v) is 2.80. The fourth-order valence-electron chi connectivity index (χ4n) is 2.80. The molecule has 162 valence electrons. The molecule has 0 spiro atoms. The Labute approximate surface area is 177 Å². The second kappa shape index (κ2) is 13.2. The van der Waals surface area contributed by atoms with E-state index in [1.807, 2.05) is 25.1 Å². The van der Waals surface area contributed by atoms with Gasteiger partial charge in [-0.05, 0) is 68.1 Å². The first-order chi connectivity index (χ1) is 14.6. The molecular weight excluding hydrogens is 383 g/mol. The third-order valence-corrected chi connectivity index (χ3v) is 4.37. The van der Waals surface area contributed by atoms with Crippen molar-refractivity contribution in [2.75, 3.05) is 33.3 Å². The van der Waals surface area contributed by atoms with Crippen LogP contribution in [0, 0.1) is 5.82 Å². The Balaban J connectivity index is 1.69. The van der Waals surface area contributed by atoms with Crippen molar-refractivity contribution in [3.63, 3.8) is 0 Å². The summed E-state index contributed by atoms with van der Waals surface area (Å²) in [6, 6.07) is 13.7. The monoisotopic (exact) mass is 414 g/mol. The molecule has 3 N–H and O–H groups in total. The van der Waals surface area contributed by atoms with Crippen LogP contribution in [0.15, 0.2) is 53.5 Å². The van der Waals surface area contributed by atoms with E-state index in [0.717, 1.165) is 43.9 Å². The minimum Gasteiger partial charge on any atom is -0.494 e. The number of halogens is 1. The van der Waals surface area contributed by atoms with E-state index >= 15 is 0 Å². The number of guanidine groups is 1. The summed E-state index contributed by atoms with van der Waals surface area (Å²) in [4.78, 5) is 16.3. The quantitative estimate of drug-likeness (QED) is 0.300. The first-order valence-corrected chi connectivity index (χ1v) is 10.3. The lowest BCUT2D eigenvalue weighted by Crippen LogP contribution is -2.38. The lowest BCUT2D eigenvalue weighted by molar-refractivity contribution is 0.0963. The van der Waals surface area contributed by atoms with E-state index in [1.165, 1.54) is 12.1 Å². The van der Waals surface area contributed by atoms with Crippen molar-refractivity contribution >= 4 is 11.9 Å². The highest BCUT2D eigenvalue weighted by Crippen LogP contribution is 2.11. The van der Waals surface area contributed by atoms with E-state index in [4.69, 9.17) is 4.74 Å². The highest BCUT2D eigenvalue weighted by atomic mass is 19.1. The van der Waals surface area contributed by atoms with Gasteiger partial charge in [0.1, 0.15) is 11.6 Å². The van der Waals surface area contributed by atoms with Gasteiger partial charge in [0.25, 0.3) is 5.91 Å². The summed E-state index contributed by atoms with van der Waals surface area (Å²) in [5, 5.41) is 9.20. The van der Waals surface area contributed by atoms with Crippen LogP contribution in [0.3, 0.4) is 0 Å². The third-order valence-electron chi connectivity index (χ3n) is 4.37. The Morgan fingerprint density at radius 3 is 2.63 bits per heavy atom. The smallest absolute Gasteiger partial charge is 0.251 e. The Hall–Kier alpha value is -3.09. The van der Waals surface area contributed by atoms with Crippen LogP contribution in [0.1, 0.15) is 35.7 Å². The molecule has 0 radical (unpaired) electrons. The predicted octanol–water partition coefficient (Wildman–Crippen LogP) is 3.14. The first kappa shape index (κ1) is 23.2. The van der Waals surface area contributed by atoms with Crippen LogP contribution in [0.5, 0.6) is 5.75 Å². The highest BCUT2D eigenvalue weighted by Gasteiger charge is 2.04. The summed E-state index contributed by atoms with van der Waals surface area (Å²) < 4.78 is 18.5. The van der Waals surface area contributed by atoms with Gasteiger partial charge in [-0.3, -0.25) is 9.79 Å². The van der Waals surface area contributed by atoms with Crippen LogP contribution in [-0.4, -0.2) is 45.2 Å². The van der Waals surface area contributed by atoms with Gasteiger partial charge in [0, 0.05) is 32.2 Å². The zero-order valence-electron chi connectivity index (χ0n) is 17.7. The molecule has 7 heteroatoms. The summed E-state index contributed by atoms with van der Waals surface area (Å²) in [5.74, 6) is 1.11. The van der Waals surface area contributed by atoms with Crippen molar-refractivity contribution in [1.82, 2.24) is 16.0 Å². The second-order valence-electron chi connectivity index (χ2n) is 6.73. The molecule has 6 nitrogen and oxygen atoms in total. The van der Waals surface area contributed by atoms with Gasteiger partial charge in [-0.15, -0.1) is 0 Å². The maximum absolute atomic E-state index is 12.9. The van der Waals surface area contributed by atoms with Crippen LogP contribution in [-0.2, 0) is 6.42 Å². The van der Waals surface area contributed by atoms with Gasteiger partial charge < -0.3 is 20.7 Å². The van der Waals surface area contributed by atoms with Gasteiger partial charge in [-0.1, -0.05) is 12.1 Å². The van der Waals surface area contributed by atoms with Crippen molar-refractivity contribution in [2.45, 2.75) is 26.2 Å². The topological polar surface area (TPSA) is 74.8 Å². The van der Waals surface area contributed by atoms with Crippen molar-refractivity contribution in [3.8, 4) is 5.75 Å². The van der Waals surface area contributed by atoms with E-state index in [-0.39, 0.29) is 11.7 Å². The lowest BCUT2D eigenvalue weighted by atomic mass is 10.1. The summed E-state index contributed by atoms with van der Waals surface area (Å²) in [6.07, 6.45) is 2.55. The van der Waals surface area contributed by atoms with Crippen LogP contribution in [0.4, 0.5) is 4.39 Å². The number of hydrogen-bond acceptors (Lipinski definition) is 3. The minimum atomic E-state index is -0.265. The van der Waals surface area contributed by atoms with Crippen LogP contribution >= 0.6 is 0 Å². The summed E-state index contributed by atoms with van der Waals surface area (Å²) in [7, 11) is 1.63. The van der Waals surface area contributed by atoms with Crippen molar-refractivity contribution in [3.05, 3.63) is 65.5 Å². The van der Waals surface area contributed by atoms with Crippen molar-refractivity contribution in [1.29, 1.82) is 0 Å². The molecule has 2 aromatic carbocycles. The molecule has 1 amide bonds. The zero-order valence-corrected chi connectivity index (χ0v) is 17.7. The molecule has 0 aromatic heterocycles. The number of ether oxygens (including phenoxy) is 1. The van der Waals surface area contributed by atoms with E-state index in [9.17, 15) is 9.18 Å². The molecule has 0 aliphatic heterocycles. The number of carbonyl (C=O) groups is 1. The highest BCUT2D eigenvalue weighted by molar-refractivity contribution is 5.94. The standard InChI is InChI=1S/C23H31FN4O2/c1-3-26-23(27-14-4-5-16-30-21-11-9-20(24)10-12-21)28-15-13-18-7-6-8-19(17-18)22(29)25-2/h6-12,17H,3-5,13-16H2,1-2H3,(H,25,29)(H2,26,27,28). The number of nitrogens with one attached hydrogen (secondary N) is 3. The van der Waals surface area contributed by atoms with Crippen LogP contribution in [0.25, 0.3) is 0 Å². The SMILES string of the molecule is CCNC(=NCCCCOc1ccc(F)cc1)NCCc1cccc(C(=O)NC)c1. The Morgan fingerprint density at radius 2 is 1.90 bits per heavy atom. The van der Waals surface area contributed by atoms with Crippen LogP contribution in [0.2, 0.25) is 0 Å². The molecule has 2 aromatic rings. The first-order valence-electron chi connectivity index (χ1n) is 10.3. The molecule has 0 aliphatic carbocycles. The van der Waals surface area contributed by atoms with E-state index in [0.29, 0.717) is 24.5 Å². The molecule has 0 atom stereocenters. The number of aliphatic imine (C=N–C) groups is 1. The molecule has 0 aliphatic rings. The molecule has 0 saturated heterocycles. The maximum atomic E-state index is 12.9. The van der Waals surface area contributed by atoms with E-state index in [2.05, 4.69) is 20.9 Å². The van der Waals surface area contributed by atoms with E-state index < -0.39 is 0 Å². The predicted molar refractivity (Wildman–Crippen MR) is 119 cm³/mol. The number of nitrogens with zero attached hydrogens (tertiary/aromatic N) is 1. The van der Waals surface area contributed by atoms with Gasteiger partial charge >= 0.3 is 0 Å². The minimum absolute atomic E-state index is 0.0804. The van der Waals surface area contributed by atoms with Crippen molar-refractivity contribution in [2.24, 2.45) is 4.99 Å². The summed E-state index contributed by atoms with van der Waals surface area (Å²) >= 11 is 0. The fraction of sp³-hybridized carbons (Fsp3) is 0.391. The molecule has 2 rings (SSSR count). The molecule has 0 heterocycles. The number of amides is 1. The second-order valence-corrected chi connectivity index (χ2v) is 6.73. The largest absolute Gasteiger partial charge is 0.494 e. The molecule has 30 heavy (non-hydrogen) atoms. The van der Waals surface area contributed by atoms with Gasteiger partial charge in [-0.25, -0.2) is 4.39 Å². The average Bonchev–Trinajstić information content (AvgIpc) is 2.77. The number of carbonyl (C=O) groups excluding carboxylic acids is 1.